The summed E-state index contributed by atoms with van der Waals surface area (Å²) in [5.74, 6) is 1.91. The fourth-order valence-corrected chi connectivity index (χ4v) is 4.14. The molecule has 7 heteroatoms. The molecule has 2 saturated heterocycles. The predicted molar refractivity (Wildman–Crippen MR) is 105 cm³/mol. The van der Waals surface area contributed by atoms with Crippen LogP contribution in [0.5, 0.6) is 0 Å². The Morgan fingerprint density at radius 1 is 1.37 bits per heavy atom. The van der Waals surface area contributed by atoms with Gasteiger partial charge >= 0.3 is 0 Å². The van der Waals surface area contributed by atoms with Crippen LogP contribution in [0.25, 0.3) is 11.3 Å². The highest BCUT2D eigenvalue weighted by molar-refractivity contribution is 5.81. The zero-order valence-corrected chi connectivity index (χ0v) is 15.7. The number of aromatic nitrogens is 2. The summed E-state index contributed by atoms with van der Waals surface area (Å²) in [6, 6.07) is 10.2. The summed E-state index contributed by atoms with van der Waals surface area (Å²) >= 11 is 0. The van der Waals surface area contributed by atoms with Gasteiger partial charge in [0, 0.05) is 38.5 Å². The molecule has 2 fully saturated rings. The number of likely N-dealkylation sites (tertiary alicyclic amines) is 1. The quantitative estimate of drug-likeness (QED) is 0.571. The van der Waals surface area contributed by atoms with Crippen LogP contribution in [0.4, 0.5) is 0 Å². The van der Waals surface area contributed by atoms with Crippen LogP contribution >= 0.6 is 0 Å². The highest BCUT2D eigenvalue weighted by Crippen LogP contribution is 2.36. The SMILES string of the molecule is CN=C(NCc1ncc(-c2ccccc2)[nH]1)N1CCCC2(CNC(=O)C2)C1. The molecule has 0 bridgehead atoms. The maximum Gasteiger partial charge on any atom is 0.220 e. The Balaban J connectivity index is 1.38. The van der Waals surface area contributed by atoms with E-state index >= 15 is 0 Å². The molecule has 2 aromatic rings. The number of carbonyl (C=O) groups excluding carboxylic acids is 1. The summed E-state index contributed by atoms with van der Waals surface area (Å²) in [6.45, 7) is 3.18. The van der Waals surface area contributed by atoms with E-state index in [-0.39, 0.29) is 11.3 Å². The van der Waals surface area contributed by atoms with Gasteiger partial charge in [0.25, 0.3) is 0 Å². The maximum absolute atomic E-state index is 11.7. The fraction of sp³-hybridized carbons (Fsp3) is 0.450. The molecule has 2 aliphatic heterocycles. The number of aromatic amines is 1. The first-order chi connectivity index (χ1) is 13.2. The normalized spacial score (nSPS) is 22.9. The standard InChI is InChI=1S/C20H26N6O/c1-21-19(26-9-5-8-20(14-26)10-18(27)24-13-20)23-12-17-22-11-16(25-17)15-6-3-2-4-7-15/h2-4,6-7,11H,5,8-10,12-14H2,1H3,(H,21,23)(H,22,25)(H,24,27). The van der Waals surface area contributed by atoms with Crippen molar-refractivity contribution in [3.8, 4) is 11.3 Å². The number of piperidine rings is 1. The topological polar surface area (TPSA) is 85.4 Å². The van der Waals surface area contributed by atoms with Crippen LogP contribution in [0.2, 0.25) is 0 Å². The fourth-order valence-electron chi connectivity index (χ4n) is 4.14. The average Bonchev–Trinajstić information content (AvgIpc) is 3.30. The third-order valence-corrected chi connectivity index (χ3v) is 5.50. The number of aliphatic imine (C=N–C) groups is 1. The Morgan fingerprint density at radius 3 is 2.96 bits per heavy atom. The Kier molecular flexibility index (Phi) is 4.83. The zero-order chi connectivity index (χ0) is 18.7. The molecular formula is C20H26N6O. The van der Waals surface area contributed by atoms with Crippen LogP contribution in [-0.4, -0.2) is 53.4 Å². The second kappa shape index (κ2) is 7.42. The first-order valence-corrected chi connectivity index (χ1v) is 9.49. The first kappa shape index (κ1) is 17.6. The van der Waals surface area contributed by atoms with E-state index in [0.29, 0.717) is 13.0 Å². The molecule has 2 aliphatic rings. The van der Waals surface area contributed by atoms with Gasteiger partial charge in [-0.2, -0.15) is 0 Å². The van der Waals surface area contributed by atoms with Crippen LogP contribution < -0.4 is 10.6 Å². The van der Waals surface area contributed by atoms with E-state index in [1.54, 1.807) is 7.05 Å². The van der Waals surface area contributed by atoms with Crippen molar-refractivity contribution in [2.75, 3.05) is 26.7 Å². The number of rotatable bonds is 3. The van der Waals surface area contributed by atoms with Crippen molar-refractivity contribution in [3.63, 3.8) is 0 Å². The lowest BCUT2D eigenvalue weighted by atomic mass is 9.79. The highest BCUT2D eigenvalue weighted by atomic mass is 16.1. The van der Waals surface area contributed by atoms with Crippen molar-refractivity contribution >= 4 is 11.9 Å². The molecule has 0 saturated carbocycles. The predicted octanol–water partition coefficient (Wildman–Crippen LogP) is 1.75. The van der Waals surface area contributed by atoms with Gasteiger partial charge in [0.1, 0.15) is 5.82 Å². The molecule has 7 nitrogen and oxygen atoms in total. The number of carbonyl (C=O) groups is 1. The van der Waals surface area contributed by atoms with Crippen molar-refractivity contribution in [2.45, 2.75) is 25.8 Å². The van der Waals surface area contributed by atoms with Crippen LogP contribution in [0.15, 0.2) is 41.5 Å². The Morgan fingerprint density at radius 2 is 2.22 bits per heavy atom. The highest BCUT2D eigenvalue weighted by Gasteiger charge is 2.42. The molecule has 1 atom stereocenters. The monoisotopic (exact) mass is 366 g/mol. The lowest BCUT2D eigenvalue weighted by Gasteiger charge is -2.40. The smallest absolute Gasteiger partial charge is 0.220 e. The second-order valence-corrected chi connectivity index (χ2v) is 7.49. The third kappa shape index (κ3) is 3.82. The van der Waals surface area contributed by atoms with E-state index in [1.165, 1.54) is 0 Å². The summed E-state index contributed by atoms with van der Waals surface area (Å²) in [5.41, 5.74) is 2.19. The molecule has 1 aromatic heterocycles. The summed E-state index contributed by atoms with van der Waals surface area (Å²) in [7, 11) is 1.80. The van der Waals surface area contributed by atoms with Gasteiger partial charge in [-0.25, -0.2) is 4.98 Å². The Bertz CT molecular complexity index is 830. The van der Waals surface area contributed by atoms with Crippen molar-refractivity contribution in [1.82, 2.24) is 25.5 Å². The van der Waals surface area contributed by atoms with E-state index < -0.39 is 0 Å². The number of H-pyrrole nitrogens is 1. The van der Waals surface area contributed by atoms with Gasteiger partial charge in [0.15, 0.2) is 5.96 Å². The molecule has 1 unspecified atom stereocenters. The zero-order valence-electron chi connectivity index (χ0n) is 15.7. The molecule has 4 rings (SSSR count). The van der Waals surface area contributed by atoms with Gasteiger partial charge in [-0.15, -0.1) is 0 Å². The number of imidazole rings is 1. The van der Waals surface area contributed by atoms with Crippen LogP contribution in [0, 0.1) is 5.41 Å². The number of benzene rings is 1. The molecule has 3 heterocycles. The van der Waals surface area contributed by atoms with E-state index in [0.717, 1.165) is 55.5 Å². The number of hydrogen-bond acceptors (Lipinski definition) is 3. The molecule has 0 aliphatic carbocycles. The summed E-state index contributed by atoms with van der Waals surface area (Å²) in [4.78, 5) is 26.3. The van der Waals surface area contributed by atoms with Crippen molar-refractivity contribution in [1.29, 1.82) is 0 Å². The van der Waals surface area contributed by atoms with Crippen molar-refractivity contribution in [3.05, 3.63) is 42.4 Å². The molecule has 1 spiro atoms. The number of guanidine groups is 1. The maximum atomic E-state index is 11.7. The van der Waals surface area contributed by atoms with Crippen LogP contribution in [0.1, 0.15) is 25.1 Å². The number of amides is 1. The largest absolute Gasteiger partial charge is 0.355 e. The first-order valence-electron chi connectivity index (χ1n) is 9.49. The summed E-state index contributed by atoms with van der Waals surface area (Å²) in [5, 5.41) is 6.41. The molecule has 3 N–H and O–H groups in total. The van der Waals surface area contributed by atoms with Crippen molar-refractivity contribution < 1.29 is 4.79 Å². The van der Waals surface area contributed by atoms with Gasteiger partial charge in [-0.3, -0.25) is 9.79 Å². The van der Waals surface area contributed by atoms with Gasteiger partial charge in [0.2, 0.25) is 5.91 Å². The minimum atomic E-state index is 0.0537. The number of nitrogens with zero attached hydrogens (tertiary/aromatic N) is 3. The van der Waals surface area contributed by atoms with E-state index in [4.69, 9.17) is 0 Å². The minimum Gasteiger partial charge on any atom is -0.355 e. The van der Waals surface area contributed by atoms with E-state index in [2.05, 4.69) is 42.6 Å². The Hall–Kier alpha value is -2.83. The van der Waals surface area contributed by atoms with Gasteiger partial charge in [0.05, 0.1) is 18.4 Å². The van der Waals surface area contributed by atoms with Crippen molar-refractivity contribution in [2.24, 2.45) is 10.4 Å². The minimum absolute atomic E-state index is 0.0537. The molecule has 1 amide bonds. The van der Waals surface area contributed by atoms with E-state index in [9.17, 15) is 4.79 Å². The average molecular weight is 366 g/mol. The van der Waals surface area contributed by atoms with Gasteiger partial charge in [-0.1, -0.05) is 30.3 Å². The van der Waals surface area contributed by atoms with Crippen LogP contribution in [0.3, 0.4) is 0 Å². The second-order valence-electron chi connectivity index (χ2n) is 7.49. The molecular weight excluding hydrogens is 340 g/mol. The van der Waals surface area contributed by atoms with Gasteiger partial charge < -0.3 is 20.5 Å². The third-order valence-electron chi connectivity index (χ3n) is 5.50. The number of nitrogens with one attached hydrogen (secondary N) is 3. The molecule has 1 aromatic carbocycles. The van der Waals surface area contributed by atoms with E-state index in [1.807, 2.05) is 24.4 Å². The number of hydrogen-bond donors (Lipinski definition) is 3. The molecule has 142 valence electrons. The lowest BCUT2D eigenvalue weighted by Crippen LogP contribution is -2.51. The Labute approximate surface area is 159 Å². The molecule has 0 radical (unpaired) electrons. The molecule has 27 heavy (non-hydrogen) atoms. The van der Waals surface area contributed by atoms with Gasteiger partial charge in [-0.05, 0) is 18.4 Å². The van der Waals surface area contributed by atoms with Crippen LogP contribution in [-0.2, 0) is 11.3 Å². The summed E-state index contributed by atoms with van der Waals surface area (Å²) < 4.78 is 0. The summed E-state index contributed by atoms with van der Waals surface area (Å²) in [6.07, 6.45) is 4.66. The lowest BCUT2D eigenvalue weighted by molar-refractivity contribution is -0.119.